The monoisotopic (exact) mass is 668 g/mol. The second-order valence-electron chi connectivity index (χ2n) is 12.5. The number of carboxylic acid groups (broad SMARTS) is 2. The van der Waals surface area contributed by atoms with Gasteiger partial charge in [0.15, 0.2) is 0 Å². The Morgan fingerprint density at radius 1 is 0.673 bits per heavy atom. The molecule has 14 nitrogen and oxygen atoms in total. The molecule has 2 saturated heterocycles. The molecule has 0 bridgehead atoms. The van der Waals surface area contributed by atoms with Gasteiger partial charge in [0, 0.05) is 29.7 Å². The summed E-state index contributed by atoms with van der Waals surface area (Å²) in [5.74, 6) is -12.0. The number of methoxy groups -OCH3 is 1. The Hall–Kier alpha value is -6.18. The summed E-state index contributed by atoms with van der Waals surface area (Å²) < 4.78 is 5.24. The number of benzene rings is 3. The molecule has 0 radical (unpaired) electrons. The van der Waals surface area contributed by atoms with Gasteiger partial charge in [0.2, 0.25) is 23.6 Å². The molecule has 7 rings (SSSR count). The molecular formula is C35H28N2O12. The van der Waals surface area contributed by atoms with Gasteiger partial charge in [-0.3, -0.25) is 19.2 Å². The van der Waals surface area contributed by atoms with Crippen molar-refractivity contribution < 1.29 is 59.0 Å². The average Bonchev–Trinajstić information content (AvgIpc) is 3.46. The van der Waals surface area contributed by atoms with Gasteiger partial charge in [0.25, 0.3) is 0 Å². The van der Waals surface area contributed by atoms with Gasteiger partial charge in [-0.2, -0.15) is 0 Å². The number of phenolic OH excluding ortho intramolecular Hbond substituents is 1. The largest absolute Gasteiger partial charge is 0.508 e. The van der Waals surface area contributed by atoms with Crippen LogP contribution in [0.3, 0.4) is 0 Å². The predicted molar refractivity (Wildman–Crippen MR) is 167 cm³/mol. The predicted octanol–water partition coefficient (Wildman–Crippen LogP) is 3.25. The Bertz CT molecular complexity index is 2050. The summed E-state index contributed by atoms with van der Waals surface area (Å²) in [6.07, 6.45) is 1.85. The van der Waals surface area contributed by atoms with Gasteiger partial charge in [-0.15, -0.1) is 0 Å². The minimum Gasteiger partial charge on any atom is -0.508 e. The van der Waals surface area contributed by atoms with Crippen molar-refractivity contribution >= 4 is 46.9 Å². The van der Waals surface area contributed by atoms with Crippen LogP contribution in [0.25, 0.3) is 0 Å². The van der Waals surface area contributed by atoms with E-state index in [0.717, 1.165) is 34.1 Å². The maximum atomic E-state index is 14.2. The van der Waals surface area contributed by atoms with E-state index in [1.165, 1.54) is 25.3 Å². The van der Waals surface area contributed by atoms with Gasteiger partial charge in [0.05, 0.1) is 42.2 Å². The van der Waals surface area contributed by atoms with E-state index in [0.29, 0.717) is 16.9 Å². The summed E-state index contributed by atoms with van der Waals surface area (Å²) in [5, 5.41) is 50.5. The molecule has 4 aliphatic rings. The van der Waals surface area contributed by atoms with Crippen molar-refractivity contribution in [1.82, 2.24) is 0 Å². The van der Waals surface area contributed by atoms with Crippen molar-refractivity contribution in [2.75, 3.05) is 16.9 Å². The van der Waals surface area contributed by atoms with Crippen molar-refractivity contribution in [2.24, 2.45) is 29.6 Å². The van der Waals surface area contributed by atoms with Gasteiger partial charge < -0.3 is 30.3 Å². The van der Waals surface area contributed by atoms with Gasteiger partial charge in [-0.25, -0.2) is 19.4 Å². The first kappa shape index (κ1) is 31.4. The summed E-state index contributed by atoms with van der Waals surface area (Å²) in [5.41, 5.74) is -0.0353. The Kier molecular flexibility index (Phi) is 7.19. The Morgan fingerprint density at radius 3 is 1.73 bits per heavy atom. The van der Waals surface area contributed by atoms with Gasteiger partial charge in [0.1, 0.15) is 34.1 Å². The van der Waals surface area contributed by atoms with E-state index in [4.69, 9.17) is 4.74 Å². The lowest BCUT2D eigenvalue weighted by Crippen LogP contribution is -2.43. The van der Waals surface area contributed by atoms with Crippen molar-refractivity contribution in [3.8, 4) is 23.0 Å². The number of hydrogen-bond donors (Lipinski definition) is 5. The highest BCUT2D eigenvalue weighted by molar-refractivity contribution is 6.24. The number of aromatic hydroxyl groups is 3. The molecule has 2 aliphatic carbocycles. The number of carboxylic acids is 2. The van der Waals surface area contributed by atoms with Crippen LogP contribution in [0.2, 0.25) is 0 Å². The van der Waals surface area contributed by atoms with E-state index >= 15 is 0 Å². The van der Waals surface area contributed by atoms with Gasteiger partial charge in [-0.1, -0.05) is 17.7 Å². The third kappa shape index (κ3) is 4.62. The second-order valence-corrected chi connectivity index (χ2v) is 12.5. The molecule has 14 heteroatoms. The summed E-state index contributed by atoms with van der Waals surface area (Å²) in [7, 11) is 1.41. The Labute approximate surface area is 277 Å². The standard InChI is InChI=1S/C35H28N2O12/c1-49-16-4-7-18(26(40)12-16)27-17-8-9-21-28(32(43)36(30(21)41)14-2-5-19(34(45)46)24(38)10-14)22(17)13-23-29(27)33(44)37(31(23)42)15-3-6-20(35(47)48)25(39)11-15/h2-8,10-12,21-23,27-29,38-40H,9,13H2,1H3,(H,45,46)(H,47,48). The molecule has 250 valence electrons. The summed E-state index contributed by atoms with van der Waals surface area (Å²) in [4.78, 5) is 81.0. The third-order valence-electron chi connectivity index (χ3n) is 10.2. The quantitative estimate of drug-likeness (QED) is 0.189. The van der Waals surface area contributed by atoms with Gasteiger partial charge in [-0.05, 0) is 49.1 Å². The van der Waals surface area contributed by atoms with E-state index in [2.05, 4.69) is 0 Å². The average molecular weight is 669 g/mol. The normalized spacial score (nSPS) is 25.9. The fraction of sp³-hybridized carbons (Fsp3) is 0.257. The number of rotatable bonds is 6. The van der Waals surface area contributed by atoms with Crippen molar-refractivity contribution in [2.45, 2.75) is 18.8 Å². The van der Waals surface area contributed by atoms with Crippen molar-refractivity contribution in [3.63, 3.8) is 0 Å². The lowest BCUT2D eigenvalue weighted by atomic mass is 9.57. The fourth-order valence-electron chi connectivity index (χ4n) is 8.04. The number of hydrogen-bond acceptors (Lipinski definition) is 10. The van der Waals surface area contributed by atoms with Crippen LogP contribution in [0.4, 0.5) is 11.4 Å². The minimum absolute atomic E-state index is 0.0125. The number of aromatic carboxylic acids is 2. The Morgan fingerprint density at radius 2 is 1.22 bits per heavy atom. The molecule has 4 amide bonds. The zero-order chi connectivity index (χ0) is 35.0. The van der Waals surface area contributed by atoms with E-state index in [-0.39, 0.29) is 30.0 Å². The highest BCUT2D eigenvalue weighted by atomic mass is 16.5. The third-order valence-corrected chi connectivity index (χ3v) is 10.2. The van der Waals surface area contributed by atoms with Crippen LogP contribution in [0.1, 0.15) is 45.0 Å². The molecule has 49 heavy (non-hydrogen) atoms. The second kappa shape index (κ2) is 11.2. The number of anilines is 2. The summed E-state index contributed by atoms with van der Waals surface area (Å²) in [6.45, 7) is 0. The first-order valence-electron chi connectivity index (χ1n) is 15.3. The molecule has 0 spiro atoms. The number of imide groups is 2. The van der Waals surface area contributed by atoms with Crippen LogP contribution in [-0.4, -0.2) is 68.2 Å². The molecule has 3 fully saturated rings. The molecule has 3 aromatic rings. The molecular weight excluding hydrogens is 640 g/mol. The van der Waals surface area contributed by atoms with Crippen LogP contribution in [0, 0.1) is 29.6 Å². The first-order valence-corrected chi connectivity index (χ1v) is 15.3. The van der Waals surface area contributed by atoms with E-state index < -0.39 is 93.7 Å². The SMILES string of the molecule is COc1ccc(C2C3=CCC4C(=O)N(c5ccc(C(=O)O)c(O)c5)C(=O)C4C3CC3C(=O)N(c4ccc(C(=O)O)c(O)c4)C(=O)C32)c(O)c1. The lowest BCUT2D eigenvalue weighted by Gasteiger charge is -2.44. The molecule has 2 aliphatic heterocycles. The van der Waals surface area contributed by atoms with Crippen LogP contribution < -0.4 is 14.5 Å². The Balaban J connectivity index is 1.32. The summed E-state index contributed by atoms with van der Waals surface area (Å²) in [6, 6.07) is 11.2. The number of carbonyl (C=O) groups is 6. The number of carbonyl (C=O) groups excluding carboxylic acids is 4. The topological polar surface area (TPSA) is 219 Å². The maximum Gasteiger partial charge on any atom is 0.339 e. The maximum absolute atomic E-state index is 14.2. The summed E-state index contributed by atoms with van der Waals surface area (Å²) >= 11 is 0. The number of fused-ring (bicyclic) bond motifs is 4. The molecule has 6 atom stereocenters. The lowest BCUT2D eigenvalue weighted by molar-refractivity contribution is -0.126. The van der Waals surface area contributed by atoms with Crippen LogP contribution >= 0.6 is 0 Å². The smallest absolute Gasteiger partial charge is 0.339 e. The zero-order valence-corrected chi connectivity index (χ0v) is 25.6. The van der Waals surface area contributed by atoms with Crippen LogP contribution in [0.5, 0.6) is 23.0 Å². The van der Waals surface area contributed by atoms with Crippen molar-refractivity contribution in [3.05, 3.63) is 82.9 Å². The van der Waals surface area contributed by atoms with Gasteiger partial charge >= 0.3 is 11.9 Å². The van der Waals surface area contributed by atoms with E-state index in [9.17, 15) is 54.3 Å². The number of phenols is 3. The zero-order valence-electron chi connectivity index (χ0n) is 25.6. The van der Waals surface area contributed by atoms with Crippen LogP contribution in [0.15, 0.2) is 66.2 Å². The molecule has 2 heterocycles. The molecule has 3 aromatic carbocycles. The van der Waals surface area contributed by atoms with E-state index in [1.807, 2.05) is 0 Å². The van der Waals surface area contributed by atoms with Crippen LogP contribution in [-0.2, 0) is 19.2 Å². The number of allylic oxidation sites excluding steroid dienone is 2. The number of amides is 4. The highest BCUT2D eigenvalue weighted by Crippen LogP contribution is 2.59. The number of ether oxygens (including phenoxy) is 1. The first-order chi connectivity index (χ1) is 23.3. The fourth-order valence-corrected chi connectivity index (χ4v) is 8.04. The highest BCUT2D eigenvalue weighted by Gasteiger charge is 2.62. The molecule has 5 N–H and O–H groups in total. The van der Waals surface area contributed by atoms with Crippen molar-refractivity contribution in [1.29, 1.82) is 0 Å². The minimum atomic E-state index is -1.41. The van der Waals surface area contributed by atoms with E-state index in [1.54, 1.807) is 18.2 Å². The molecule has 1 saturated carbocycles. The molecule has 0 aromatic heterocycles. The molecule has 6 unspecified atom stereocenters. The number of nitrogens with zero attached hydrogens (tertiary/aromatic N) is 2.